The summed E-state index contributed by atoms with van der Waals surface area (Å²) >= 11 is 3.35. The zero-order chi connectivity index (χ0) is 17.3. The molecule has 1 heterocycles. The summed E-state index contributed by atoms with van der Waals surface area (Å²) in [5, 5.41) is 3.66. The molecule has 0 atom stereocenters. The van der Waals surface area contributed by atoms with Gasteiger partial charge in [-0.3, -0.25) is 0 Å². The SMILES string of the molecule is Cc1ccc(-c2ccc(S(=O)(=O)Nc3cc(C)no3)c(Br)c2)cc1. The highest BCUT2D eigenvalue weighted by Crippen LogP contribution is 2.30. The lowest BCUT2D eigenvalue weighted by molar-refractivity contribution is 0.430. The fourth-order valence-electron chi connectivity index (χ4n) is 2.24. The second kappa shape index (κ2) is 6.41. The van der Waals surface area contributed by atoms with Crippen molar-refractivity contribution in [2.24, 2.45) is 0 Å². The van der Waals surface area contributed by atoms with Crippen LogP contribution in [0, 0.1) is 13.8 Å². The number of anilines is 1. The Labute approximate surface area is 148 Å². The van der Waals surface area contributed by atoms with Gasteiger partial charge in [0, 0.05) is 10.5 Å². The maximum Gasteiger partial charge on any atom is 0.265 e. The number of aromatic nitrogens is 1. The van der Waals surface area contributed by atoms with Crippen molar-refractivity contribution in [1.29, 1.82) is 0 Å². The molecule has 0 aliphatic heterocycles. The van der Waals surface area contributed by atoms with Gasteiger partial charge in [-0.2, -0.15) is 0 Å². The predicted molar refractivity (Wildman–Crippen MR) is 96.4 cm³/mol. The van der Waals surface area contributed by atoms with E-state index < -0.39 is 10.0 Å². The van der Waals surface area contributed by atoms with Crippen LogP contribution < -0.4 is 4.72 Å². The molecule has 0 saturated carbocycles. The van der Waals surface area contributed by atoms with Crippen LogP contribution in [0.5, 0.6) is 0 Å². The number of nitrogens with one attached hydrogen (secondary N) is 1. The van der Waals surface area contributed by atoms with Crippen LogP contribution in [-0.2, 0) is 10.0 Å². The molecule has 0 unspecified atom stereocenters. The summed E-state index contributed by atoms with van der Waals surface area (Å²) in [6.07, 6.45) is 0. The van der Waals surface area contributed by atoms with E-state index in [9.17, 15) is 8.42 Å². The molecule has 1 N–H and O–H groups in total. The Hall–Kier alpha value is -2.12. The molecule has 124 valence electrons. The fourth-order valence-corrected chi connectivity index (χ4v) is 4.30. The molecular formula is C17H15BrN2O3S. The number of halogens is 1. The molecule has 7 heteroatoms. The normalized spacial score (nSPS) is 11.5. The number of hydrogen-bond donors (Lipinski definition) is 1. The van der Waals surface area contributed by atoms with Crippen molar-refractivity contribution >= 4 is 31.8 Å². The first-order chi connectivity index (χ1) is 11.3. The Balaban J connectivity index is 1.93. The van der Waals surface area contributed by atoms with Gasteiger partial charge in [0.1, 0.15) is 4.90 Å². The lowest BCUT2D eigenvalue weighted by Crippen LogP contribution is -2.13. The van der Waals surface area contributed by atoms with E-state index in [2.05, 4.69) is 25.8 Å². The van der Waals surface area contributed by atoms with Gasteiger partial charge < -0.3 is 4.52 Å². The summed E-state index contributed by atoms with van der Waals surface area (Å²) in [7, 11) is -3.77. The Morgan fingerprint density at radius 2 is 1.67 bits per heavy atom. The Kier molecular flexibility index (Phi) is 4.47. The van der Waals surface area contributed by atoms with Crippen LogP contribution in [0.15, 0.2) is 62.4 Å². The molecule has 0 aliphatic rings. The minimum absolute atomic E-state index is 0.0852. The van der Waals surface area contributed by atoms with Gasteiger partial charge in [0.25, 0.3) is 10.0 Å². The Morgan fingerprint density at radius 3 is 2.25 bits per heavy atom. The van der Waals surface area contributed by atoms with Gasteiger partial charge in [0.2, 0.25) is 5.88 Å². The maximum atomic E-state index is 12.5. The van der Waals surface area contributed by atoms with Crippen LogP contribution in [0.3, 0.4) is 0 Å². The van der Waals surface area contributed by atoms with Gasteiger partial charge in [-0.25, -0.2) is 13.1 Å². The van der Waals surface area contributed by atoms with Gasteiger partial charge in [-0.05, 0) is 53.0 Å². The first kappa shape index (κ1) is 16.7. The zero-order valence-electron chi connectivity index (χ0n) is 13.1. The van der Waals surface area contributed by atoms with E-state index in [1.807, 2.05) is 31.2 Å². The van der Waals surface area contributed by atoms with Crippen LogP contribution in [0.25, 0.3) is 11.1 Å². The van der Waals surface area contributed by atoms with Crippen LogP contribution in [-0.4, -0.2) is 13.6 Å². The van der Waals surface area contributed by atoms with Crippen molar-refractivity contribution in [3.8, 4) is 11.1 Å². The summed E-state index contributed by atoms with van der Waals surface area (Å²) in [5.41, 5.74) is 3.71. The predicted octanol–water partition coefficient (Wildman–Crippen LogP) is 4.52. The summed E-state index contributed by atoms with van der Waals surface area (Å²) in [5.74, 6) is 0.0852. The van der Waals surface area contributed by atoms with E-state index in [0.29, 0.717) is 10.2 Å². The lowest BCUT2D eigenvalue weighted by Gasteiger charge is -2.09. The molecule has 0 radical (unpaired) electrons. The number of sulfonamides is 1. The van der Waals surface area contributed by atoms with Gasteiger partial charge in [0.05, 0.1) is 5.69 Å². The molecule has 0 fully saturated rings. The van der Waals surface area contributed by atoms with E-state index in [0.717, 1.165) is 11.1 Å². The second-order valence-electron chi connectivity index (χ2n) is 5.45. The molecule has 0 saturated heterocycles. The topological polar surface area (TPSA) is 72.2 Å². The van der Waals surface area contributed by atoms with Crippen molar-refractivity contribution < 1.29 is 12.9 Å². The lowest BCUT2D eigenvalue weighted by atomic mass is 10.0. The first-order valence-corrected chi connectivity index (χ1v) is 9.45. The zero-order valence-corrected chi connectivity index (χ0v) is 15.5. The molecule has 3 rings (SSSR count). The number of nitrogens with zero attached hydrogens (tertiary/aromatic N) is 1. The quantitative estimate of drug-likeness (QED) is 0.690. The molecule has 24 heavy (non-hydrogen) atoms. The van der Waals surface area contributed by atoms with Crippen LogP contribution in [0.1, 0.15) is 11.3 Å². The van der Waals surface area contributed by atoms with Crippen molar-refractivity contribution in [3.63, 3.8) is 0 Å². The average molecular weight is 407 g/mol. The summed E-state index contributed by atoms with van der Waals surface area (Å²) in [4.78, 5) is 0.132. The molecule has 5 nitrogen and oxygen atoms in total. The third-order valence-electron chi connectivity index (χ3n) is 3.47. The van der Waals surface area contributed by atoms with Crippen LogP contribution >= 0.6 is 15.9 Å². The van der Waals surface area contributed by atoms with E-state index in [1.54, 1.807) is 25.1 Å². The van der Waals surface area contributed by atoms with Crippen molar-refractivity contribution in [1.82, 2.24) is 5.16 Å². The molecule has 0 bridgehead atoms. The third-order valence-corrected chi connectivity index (χ3v) is 5.79. The smallest absolute Gasteiger partial charge is 0.265 e. The van der Waals surface area contributed by atoms with Gasteiger partial charge >= 0.3 is 0 Å². The van der Waals surface area contributed by atoms with Crippen LogP contribution in [0.2, 0.25) is 0 Å². The van der Waals surface area contributed by atoms with Gasteiger partial charge in [-0.15, -0.1) is 0 Å². The highest BCUT2D eigenvalue weighted by molar-refractivity contribution is 9.10. The van der Waals surface area contributed by atoms with Crippen LogP contribution in [0.4, 0.5) is 5.88 Å². The number of rotatable bonds is 4. The van der Waals surface area contributed by atoms with Crippen molar-refractivity contribution in [3.05, 3.63) is 64.3 Å². The van der Waals surface area contributed by atoms with E-state index in [-0.39, 0.29) is 10.8 Å². The van der Waals surface area contributed by atoms with E-state index in [4.69, 9.17) is 4.52 Å². The number of aryl methyl sites for hydroxylation is 2. The molecule has 0 spiro atoms. The summed E-state index contributed by atoms with van der Waals surface area (Å²) < 4.78 is 32.8. The minimum atomic E-state index is -3.77. The Morgan fingerprint density at radius 1 is 1.00 bits per heavy atom. The molecule has 3 aromatic rings. The molecule has 0 amide bonds. The Bertz CT molecular complexity index is 979. The van der Waals surface area contributed by atoms with Crippen molar-refractivity contribution in [2.75, 3.05) is 4.72 Å². The highest BCUT2D eigenvalue weighted by Gasteiger charge is 2.20. The number of benzene rings is 2. The average Bonchev–Trinajstić information content (AvgIpc) is 2.92. The van der Waals surface area contributed by atoms with Gasteiger partial charge in [-0.1, -0.05) is 41.1 Å². The monoisotopic (exact) mass is 406 g/mol. The van der Waals surface area contributed by atoms with Crippen molar-refractivity contribution in [2.45, 2.75) is 18.7 Å². The highest BCUT2D eigenvalue weighted by atomic mass is 79.9. The number of hydrogen-bond acceptors (Lipinski definition) is 4. The summed E-state index contributed by atoms with van der Waals surface area (Å²) in [6.45, 7) is 3.74. The second-order valence-corrected chi connectivity index (χ2v) is 7.95. The van der Waals surface area contributed by atoms with E-state index >= 15 is 0 Å². The van der Waals surface area contributed by atoms with Gasteiger partial charge in [0.15, 0.2) is 0 Å². The van der Waals surface area contributed by atoms with E-state index in [1.165, 1.54) is 11.6 Å². The third kappa shape index (κ3) is 3.52. The largest absolute Gasteiger partial charge is 0.338 e. The molecular weight excluding hydrogens is 392 g/mol. The first-order valence-electron chi connectivity index (χ1n) is 7.18. The maximum absolute atomic E-state index is 12.5. The standard InChI is InChI=1S/C17H15BrN2O3S/c1-11-3-5-13(6-4-11)14-7-8-16(15(18)10-14)24(21,22)20-17-9-12(2)19-23-17/h3-10,20H,1-2H3. The fraction of sp³-hybridized carbons (Fsp3) is 0.118. The molecule has 1 aromatic heterocycles. The molecule has 0 aliphatic carbocycles. The molecule has 2 aromatic carbocycles. The minimum Gasteiger partial charge on any atom is -0.338 e. The summed E-state index contributed by atoms with van der Waals surface area (Å²) in [6, 6.07) is 14.7.